The van der Waals surface area contributed by atoms with Crippen molar-refractivity contribution in [2.75, 3.05) is 10.2 Å². The molecule has 7 nitrogen and oxygen atoms in total. The SMILES string of the molecule is C=CC(=O)Nc1ccc(N(Cc2ccc(C(F)(F)F)cc2)C(=O)OC(C)(C)C)c(-c2cn(C)cn2)c1. The number of benzene rings is 2. The smallest absolute Gasteiger partial charge is 0.416 e. The van der Waals surface area contributed by atoms with Crippen LogP contribution in [0.5, 0.6) is 0 Å². The molecular formula is C26H27F3N4O3. The molecule has 0 saturated heterocycles. The molecule has 1 N–H and O–H groups in total. The minimum atomic E-state index is -4.47. The number of ether oxygens (including phenoxy) is 1. The van der Waals surface area contributed by atoms with Crippen molar-refractivity contribution in [2.24, 2.45) is 7.05 Å². The van der Waals surface area contributed by atoms with Crippen LogP contribution < -0.4 is 10.2 Å². The van der Waals surface area contributed by atoms with E-state index in [-0.39, 0.29) is 6.54 Å². The average Bonchev–Trinajstić information content (AvgIpc) is 3.22. The maximum atomic E-state index is 13.3. The van der Waals surface area contributed by atoms with Gasteiger partial charge in [0.2, 0.25) is 5.91 Å². The van der Waals surface area contributed by atoms with Crippen LogP contribution in [0.15, 0.2) is 67.6 Å². The molecule has 2 amide bonds. The summed E-state index contributed by atoms with van der Waals surface area (Å²) in [5.74, 6) is -0.413. The lowest BCUT2D eigenvalue weighted by Gasteiger charge is -2.29. The number of imidazole rings is 1. The van der Waals surface area contributed by atoms with Crippen LogP contribution in [0, 0.1) is 0 Å². The summed E-state index contributed by atoms with van der Waals surface area (Å²) >= 11 is 0. The van der Waals surface area contributed by atoms with Crippen molar-refractivity contribution in [3.05, 3.63) is 78.8 Å². The third-order valence-corrected chi connectivity index (χ3v) is 4.96. The molecule has 2 aromatic carbocycles. The van der Waals surface area contributed by atoms with Crippen LogP contribution in [-0.4, -0.2) is 27.2 Å². The molecule has 0 saturated carbocycles. The van der Waals surface area contributed by atoms with Gasteiger partial charge in [-0.25, -0.2) is 9.78 Å². The fourth-order valence-corrected chi connectivity index (χ4v) is 3.35. The van der Waals surface area contributed by atoms with Gasteiger partial charge in [0, 0.05) is 24.5 Å². The van der Waals surface area contributed by atoms with E-state index in [1.807, 2.05) is 0 Å². The van der Waals surface area contributed by atoms with Gasteiger partial charge in [0.25, 0.3) is 0 Å². The summed E-state index contributed by atoms with van der Waals surface area (Å²) in [7, 11) is 1.79. The minimum absolute atomic E-state index is 0.0642. The summed E-state index contributed by atoms with van der Waals surface area (Å²) in [5.41, 5.74) is 0.732. The van der Waals surface area contributed by atoms with Gasteiger partial charge in [-0.05, 0) is 62.7 Å². The number of alkyl halides is 3. The number of rotatable bonds is 6. The molecule has 0 fully saturated rings. The number of anilines is 2. The summed E-state index contributed by atoms with van der Waals surface area (Å²) in [5, 5.41) is 2.68. The zero-order valence-corrected chi connectivity index (χ0v) is 20.4. The van der Waals surface area contributed by atoms with Crippen LogP contribution in [0.1, 0.15) is 31.9 Å². The quantitative estimate of drug-likeness (QED) is 0.411. The Morgan fingerprint density at radius 3 is 2.33 bits per heavy atom. The fraction of sp³-hybridized carbons (Fsp3) is 0.269. The summed E-state index contributed by atoms with van der Waals surface area (Å²) in [6, 6.07) is 9.46. The molecule has 0 atom stereocenters. The predicted molar refractivity (Wildman–Crippen MR) is 131 cm³/mol. The highest BCUT2D eigenvalue weighted by Crippen LogP contribution is 2.35. The third-order valence-electron chi connectivity index (χ3n) is 4.96. The Balaban J connectivity index is 2.10. The van der Waals surface area contributed by atoms with Crippen molar-refractivity contribution in [1.82, 2.24) is 9.55 Å². The molecule has 0 aliphatic carbocycles. The first-order valence-corrected chi connectivity index (χ1v) is 11.0. The number of hydrogen-bond acceptors (Lipinski definition) is 4. The standard InChI is InChI=1S/C26H27F3N4O3/c1-6-23(34)31-19-11-12-22(20(13-19)21-15-32(5)16-30-21)33(24(35)36-25(2,3)4)14-17-7-9-18(10-8-17)26(27,28)29/h6-13,15-16H,1,14H2,2-5H3,(H,31,34). The van der Waals surface area contributed by atoms with Crippen molar-refractivity contribution in [2.45, 2.75) is 39.1 Å². The fourth-order valence-electron chi connectivity index (χ4n) is 3.35. The Bertz CT molecular complexity index is 1260. The van der Waals surface area contributed by atoms with Crippen LogP contribution >= 0.6 is 0 Å². The van der Waals surface area contributed by atoms with Crippen LogP contribution in [0.3, 0.4) is 0 Å². The molecule has 10 heteroatoms. The molecule has 0 unspecified atom stereocenters. The van der Waals surface area contributed by atoms with E-state index in [4.69, 9.17) is 4.74 Å². The lowest BCUT2D eigenvalue weighted by atomic mass is 10.1. The maximum absolute atomic E-state index is 13.3. The molecule has 0 aliphatic heterocycles. The first-order chi connectivity index (χ1) is 16.8. The van der Waals surface area contributed by atoms with Crippen molar-refractivity contribution in [3.63, 3.8) is 0 Å². The maximum Gasteiger partial charge on any atom is 0.416 e. The van der Waals surface area contributed by atoms with Crippen LogP contribution in [0.2, 0.25) is 0 Å². The molecule has 0 spiro atoms. The summed E-state index contributed by atoms with van der Waals surface area (Å²) in [6.07, 6.45) is -0.708. The van der Waals surface area contributed by atoms with Gasteiger partial charge in [-0.15, -0.1) is 0 Å². The Kier molecular flexibility index (Phi) is 7.57. The van der Waals surface area contributed by atoms with E-state index < -0.39 is 29.3 Å². The van der Waals surface area contributed by atoms with Gasteiger partial charge < -0.3 is 14.6 Å². The highest BCUT2D eigenvalue weighted by molar-refractivity contribution is 6.00. The van der Waals surface area contributed by atoms with Crippen molar-refractivity contribution in [3.8, 4) is 11.3 Å². The van der Waals surface area contributed by atoms with Gasteiger partial charge in [0.1, 0.15) is 5.60 Å². The Hall–Kier alpha value is -4.08. The largest absolute Gasteiger partial charge is 0.443 e. The highest BCUT2D eigenvalue weighted by Gasteiger charge is 2.31. The van der Waals surface area contributed by atoms with E-state index in [9.17, 15) is 22.8 Å². The lowest BCUT2D eigenvalue weighted by molar-refractivity contribution is -0.137. The van der Waals surface area contributed by atoms with Crippen LogP contribution in [0.25, 0.3) is 11.3 Å². The second kappa shape index (κ2) is 10.3. The number of hydrogen-bond donors (Lipinski definition) is 1. The van der Waals surface area contributed by atoms with Gasteiger partial charge in [-0.1, -0.05) is 18.7 Å². The van der Waals surface area contributed by atoms with Gasteiger partial charge in [0.15, 0.2) is 0 Å². The van der Waals surface area contributed by atoms with Crippen LogP contribution in [0.4, 0.5) is 29.3 Å². The molecule has 0 radical (unpaired) electrons. The first-order valence-electron chi connectivity index (χ1n) is 11.0. The zero-order valence-electron chi connectivity index (χ0n) is 20.4. The van der Waals surface area contributed by atoms with Gasteiger partial charge in [0.05, 0.1) is 29.8 Å². The number of carbonyl (C=O) groups excluding carboxylic acids is 2. The van der Waals surface area contributed by atoms with E-state index in [2.05, 4.69) is 16.9 Å². The molecule has 36 heavy (non-hydrogen) atoms. The molecule has 0 aliphatic rings. The van der Waals surface area contributed by atoms with E-state index in [0.717, 1.165) is 18.2 Å². The second-order valence-corrected chi connectivity index (χ2v) is 9.11. The number of halogens is 3. The molecule has 1 heterocycles. The Morgan fingerprint density at radius 2 is 1.81 bits per heavy atom. The van der Waals surface area contributed by atoms with Crippen molar-refractivity contribution < 1.29 is 27.5 Å². The second-order valence-electron chi connectivity index (χ2n) is 9.11. The molecular weight excluding hydrogens is 473 g/mol. The molecule has 1 aromatic heterocycles. The van der Waals surface area contributed by atoms with E-state index >= 15 is 0 Å². The summed E-state index contributed by atoms with van der Waals surface area (Å²) < 4.78 is 46.4. The minimum Gasteiger partial charge on any atom is -0.443 e. The highest BCUT2D eigenvalue weighted by atomic mass is 19.4. The summed E-state index contributed by atoms with van der Waals surface area (Å²) in [4.78, 5) is 30.9. The molecule has 0 bridgehead atoms. The van der Waals surface area contributed by atoms with Gasteiger partial charge in [-0.2, -0.15) is 13.2 Å². The van der Waals surface area contributed by atoms with E-state index in [1.54, 1.807) is 63.1 Å². The van der Waals surface area contributed by atoms with Crippen molar-refractivity contribution in [1.29, 1.82) is 0 Å². The number of nitrogens with zero attached hydrogens (tertiary/aromatic N) is 3. The average molecular weight is 501 g/mol. The zero-order chi connectivity index (χ0) is 26.7. The van der Waals surface area contributed by atoms with Gasteiger partial charge >= 0.3 is 12.3 Å². The molecule has 190 valence electrons. The van der Waals surface area contributed by atoms with Crippen molar-refractivity contribution >= 4 is 23.4 Å². The Morgan fingerprint density at radius 1 is 1.14 bits per heavy atom. The summed E-state index contributed by atoms with van der Waals surface area (Å²) in [6.45, 7) is 8.53. The number of aryl methyl sites for hydroxylation is 1. The van der Waals surface area contributed by atoms with Crippen LogP contribution in [-0.2, 0) is 29.3 Å². The predicted octanol–water partition coefficient (Wildman–Crippen LogP) is 6.17. The lowest BCUT2D eigenvalue weighted by Crippen LogP contribution is -2.36. The topological polar surface area (TPSA) is 76.5 Å². The Labute approximate surface area is 207 Å². The molecule has 3 aromatic rings. The van der Waals surface area contributed by atoms with E-state index in [1.165, 1.54) is 17.0 Å². The molecule has 3 rings (SSSR count). The first kappa shape index (κ1) is 26.5. The number of nitrogens with one attached hydrogen (secondary N) is 1. The number of amides is 2. The van der Waals surface area contributed by atoms with E-state index in [0.29, 0.717) is 28.2 Å². The normalized spacial score (nSPS) is 11.6. The van der Waals surface area contributed by atoms with Gasteiger partial charge in [-0.3, -0.25) is 9.69 Å². The number of carbonyl (C=O) groups is 2. The third kappa shape index (κ3) is 6.74. The monoisotopic (exact) mass is 500 g/mol. The number of aromatic nitrogens is 2.